The Morgan fingerprint density at radius 3 is 2.88 bits per heavy atom. The number of nitrogens with one attached hydrogen (secondary N) is 1. The number of aliphatic hydroxyl groups is 1. The van der Waals surface area contributed by atoms with E-state index in [-0.39, 0.29) is 0 Å². The van der Waals surface area contributed by atoms with Gasteiger partial charge in [0.25, 0.3) is 0 Å². The third-order valence-electron chi connectivity index (χ3n) is 2.53. The second-order valence-electron chi connectivity index (χ2n) is 4.88. The molecule has 1 aromatic carbocycles. The fourth-order valence-electron chi connectivity index (χ4n) is 1.66. The van der Waals surface area contributed by atoms with Crippen molar-refractivity contribution >= 4 is 11.4 Å². The number of nitrogens with zero attached hydrogens (tertiary/aromatic N) is 1. The van der Waals surface area contributed by atoms with Crippen LogP contribution in [0.15, 0.2) is 41.4 Å². The van der Waals surface area contributed by atoms with Gasteiger partial charge in [-0.1, -0.05) is 18.2 Å². The first-order chi connectivity index (χ1) is 8.04. The number of anilines is 1. The Hall–Kier alpha value is -1.61. The van der Waals surface area contributed by atoms with Crippen molar-refractivity contribution in [2.45, 2.75) is 19.4 Å². The van der Waals surface area contributed by atoms with Gasteiger partial charge < -0.3 is 10.4 Å². The van der Waals surface area contributed by atoms with Crippen LogP contribution >= 0.6 is 0 Å². The summed E-state index contributed by atoms with van der Waals surface area (Å²) < 4.78 is 0. The molecule has 1 aromatic rings. The molecule has 0 unspecified atom stereocenters. The Kier molecular flexibility index (Phi) is 3.29. The summed E-state index contributed by atoms with van der Waals surface area (Å²) in [5.74, 6) is 0. The quantitative estimate of drug-likeness (QED) is 0.833. The lowest BCUT2D eigenvalue weighted by molar-refractivity contribution is 0.0945. The van der Waals surface area contributed by atoms with Gasteiger partial charge in [0, 0.05) is 17.8 Å². The van der Waals surface area contributed by atoms with E-state index in [0.29, 0.717) is 6.54 Å². The van der Waals surface area contributed by atoms with Crippen molar-refractivity contribution in [3.05, 3.63) is 42.0 Å². The van der Waals surface area contributed by atoms with Gasteiger partial charge in [-0.3, -0.25) is 4.99 Å². The molecule has 17 heavy (non-hydrogen) atoms. The fourth-order valence-corrected chi connectivity index (χ4v) is 1.66. The molecule has 3 heteroatoms. The normalized spacial score (nSPS) is 14.9. The molecule has 1 aliphatic rings. The average Bonchev–Trinajstić information content (AvgIpc) is 2.79. The van der Waals surface area contributed by atoms with Crippen molar-refractivity contribution < 1.29 is 5.11 Å². The molecule has 1 heterocycles. The van der Waals surface area contributed by atoms with Gasteiger partial charge in [-0.2, -0.15) is 0 Å². The highest BCUT2D eigenvalue weighted by molar-refractivity contribution is 6.10. The van der Waals surface area contributed by atoms with Gasteiger partial charge in [0.05, 0.1) is 17.9 Å². The van der Waals surface area contributed by atoms with Gasteiger partial charge in [-0.05, 0) is 32.1 Å². The molecule has 0 radical (unpaired) electrons. The highest BCUT2D eigenvalue weighted by atomic mass is 16.3. The minimum absolute atomic E-state index is 0.527. The van der Waals surface area contributed by atoms with Crippen molar-refractivity contribution in [1.82, 2.24) is 0 Å². The van der Waals surface area contributed by atoms with Crippen LogP contribution in [0.4, 0.5) is 5.69 Å². The first kappa shape index (κ1) is 11.9. The van der Waals surface area contributed by atoms with Crippen LogP contribution < -0.4 is 5.32 Å². The minimum atomic E-state index is -0.708. The molecule has 90 valence electrons. The molecule has 2 rings (SSSR count). The summed E-state index contributed by atoms with van der Waals surface area (Å²) in [5, 5.41) is 12.9. The Balaban J connectivity index is 2.09. The second kappa shape index (κ2) is 4.72. The van der Waals surface area contributed by atoms with Crippen LogP contribution in [0.25, 0.3) is 0 Å². The lowest BCUT2D eigenvalue weighted by atomic mass is 10.1. The zero-order chi connectivity index (χ0) is 12.3. The van der Waals surface area contributed by atoms with Crippen molar-refractivity contribution in [1.29, 1.82) is 0 Å². The average molecular weight is 230 g/mol. The predicted molar refractivity (Wildman–Crippen MR) is 71.8 cm³/mol. The third kappa shape index (κ3) is 3.43. The van der Waals surface area contributed by atoms with Gasteiger partial charge in [0.1, 0.15) is 0 Å². The molecule has 0 fully saturated rings. The number of benzene rings is 1. The van der Waals surface area contributed by atoms with Gasteiger partial charge in [0.2, 0.25) is 0 Å². The Morgan fingerprint density at radius 2 is 2.24 bits per heavy atom. The number of aliphatic imine (C=N–C) groups is 1. The summed E-state index contributed by atoms with van der Waals surface area (Å²) in [6, 6.07) is 8.09. The monoisotopic (exact) mass is 230 g/mol. The van der Waals surface area contributed by atoms with Crippen LogP contribution in [0.5, 0.6) is 0 Å². The highest BCUT2D eigenvalue weighted by Gasteiger charge is 2.12. The topological polar surface area (TPSA) is 44.6 Å². The summed E-state index contributed by atoms with van der Waals surface area (Å²) in [6.45, 7) is 4.87. The standard InChI is InChI=1S/C14H18N2O/c1-14(2,17)10-16-12-6-3-5-11(9-12)13-7-4-8-15-13/h3-7,9,16-17H,8,10H2,1-2H3. The van der Waals surface area contributed by atoms with Crippen molar-refractivity contribution in [3.8, 4) is 0 Å². The van der Waals surface area contributed by atoms with Gasteiger partial charge >= 0.3 is 0 Å². The van der Waals surface area contributed by atoms with E-state index in [1.807, 2.05) is 30.4 Å². The largest absolute Gasteiger partial charge is 0.389 e. The van der Waals surface area contributed by atoms with Crippen molar-refractivity contribution in [2.24, 2.45) is 4.99 Å². The van der Waals surface area contributed by atoms with Crippen LogP contribution in [-0.4, -0.2) is 29.5 Å². The molecule has 0 aliphatic carbocycles. The Bertz CT molecular complexity index is 456. The maximum Gasteiger partial charge on any atom is 0.0763 e. The van der Waals surface area contributed by atoms with E-state index in [2.05, 4.69) is 16.4 Å². The van der Waals surface area contributed by atoms with Crippen LogP contribution in [-0.2, 0) is 0 Å². The first-order valence-electron chi connectivity index (χ1n) is 5.82. The first-order valence-corrected chi connectivity index (χ1v) is 5.82. The van der Waals surface area contributed by atoms with E-state index in [9.17, 15) is 5.11 Å². The molecular weight excluding hydrogens is 212 g/mol. The van der Waals surface area contributed by atoms with Crippen LogP contribution in [0.1, 0.15) is 19.4 Å². The van der Waals surface area contributed by atoms with E-state index < -0.39 is 5.60 Å². The maximum absolute atomic E-state index is 9.66. The minimum Gasteiger partial charge on any atom is -0.389 e. The molecular formula is C14H18N2O. The zero-order valence-corrected chi connectivity index (χ0v) is 10.3. The Labute approximate surface area is 102 Å². The molecule has 0 aromatic heterocycles. The molecule has 0 saturated carbocycles. The molecule has 0 atom stereocenters. The van der Waals surface area contributed by atoms with Gasteiger partial charge in [0.15, 0.2) is 0 Å². The predicted octanol–water partition coefficient (Wildman–Crippen LogP) is 2.23. The third-order valence-corrected chi connectivity index (χ3v) is 2.53. The highest BCUT2D eigenvalue weighted by Crippen LogP contribution is 2.15. The van der Waals surface area contributed by atoms with E-state index in [4.69, 9.17) is 0 Å². The Morgan fingerprint density at radius 1 is 1.41 bits per heavy atom. The lowest BCUT2D eigenvalue weighted by Gasteiger charge is -2.18. The summed E-state index contributed by atoms with van der Waals surface area (Å²) in [6.07, 6.45) is 4.08. The lowest BCUT2D eigenvalue weighted by Crippen LogP contribution is -2.29. The fraction of sp³-hybridized carbons (Fsp3) is 0.357. The summed E-state index contributed by atoms with van der Waals surface area (Å²) in [7, 11) is 0. The SMILES string of the molecule is CC(C)(O)CNc1cccc(C2=NCC=C2)c1. The smallest absolute Gasteiger partial charge is 0.0763 e. The van der Waals surface area contributed by atoms with Crippen LogP contribution in [0, 0.1) is 0 Å². The molecule has 0 spiro atoms. The summed E-state index contributed by atoms with van der Waals surface area (Å²) >= 11 is 0. The summed E-state index contributed by atoms with van der Waals surface area (Å²) in [5.41, 5.74) is 2.44. The number of hydrogen-bond acceptors (Lipinski definition) is 3. The van der Waals surface area contributed by atoms with Crippen LogP contribution in [0.2, 0.25) is 0 Å². The van der Waals surface area contributed by atoms with E-state index >= 15 is 0 Å². The molecule has 0 bridgehead atoms. The maximum atomic E-state index is 9.66. The van der Waals surface area contributed by atoms with E-state index in [0.717, 1.165) is 23.5 Å². The van der Waals surface area contributed by atoms with Crippen molar-refractivity contribution in [2.75, 3.05) is 18.4 Å². The molecule has 1 aliphatic heterocycles. The molecule has 0 amide bonds. The molecule has 2 N–H and O–H groups in total. The van der Waals surface area contributed by atoms with Crippen molar-refractivity contribution in [3.63, 3.8) is 0 Å². The van der Waals surface area contributed by atoms with E-state index in [1.165, 1.54) is 0 Å². The number of rotatable bonds is 4. The molecule has 0 saturated heterocycles. The van der Waals surface area contributed by atoms with Gasteiger partial charge in [-0.25, -0.2) is 0 Å². The zero-order valence-electron chi connectivity index (χ0n) is 10.3. The number of hydrogen-bond donors (Lipinski definition) is 2. The summed E-state index contributed by atoms with van der Waals surface area (Å²) in [4.78, 5) is 4.38. The molecule has 3 nitrogen and oxygen atoms in total. The van der Waals surface area contributed by atoms with E-state index in [1.54, 1.807) is 13.8 Å². The van der Waals surface area contributed by atoms with Crippen LogP contribution in [0.3, 0.4) is 0 Å². The second-order valence-corrected chi connectivity index (χ2v) is 4.88. The number of allylic oxidation sites excluding steroid dienone is 1. The van der Waals surface area contributed by atoms with Gasteiger partial charge in [-0.15, -0.1) is 0 Å².